The second-order valence-electron chi connectivity index (χ2n) is 5.50. The normalized spacial score (nSPS) is 22.3. The van der Waals surface area contributed by atoms with Crippen molar-refractivity contribution in [3.63, 3.8) is 0 Å². The lowest BCUT2D eigenvalue weighted by molar-refractivity contribution is -0.142. The molecule has 0 spiro atoms. The van der Waals surface area contributed by atoms with Gasteiger partial charge in [0, 0.05) is 19.3 Å². The first kappa shape index (κ1) is 15.3. The van der Waals surface area contributed by atoms with Crippen molar-refractivity contribution in [2.75, 3.05) is 0 Å². The predicted molar refractivity (Wildman–Crippen MR) is 76.6 cm³/mol. The average molecular weight is 294 g/mol. The standard InChI is InChI=1S/C14H22N4O3/c1-18-8-7-10(17-18)9-15-14(21)16-12-6-4-2-3-5-11(12)13(19)20/h7-8,11-12H,2-6,9H2,1H3,(H,19,20)(H2,15,16,21). The minimum Gasteiger partial charge on any atom is -0.481 e. The highest BCUT2D eigenvalue weighted by Gasteiger charge is 2.30. The molecule has 2 unspecified atom stereocenters. The highest BCUT2D eigenvalue weighted by atomic mass is 16.4. The van der Waals surface area contributed by atoms with Gasteiger partial charge in [0.15, 0.2) is 0 Å². The molecule has 0 aromatic carbocycles. The molecule has 1 aliphatic rings. The zero-order chi connectivity index (χ0) is 15.2. The number of urea groups is 1. The van der Waals surface area contributed by atoms with Gasteiger partial charge in [-0.15, -0.1) is 0 Å². The summed E-state index contributed by atoms with van der Waals surface area (Å²) < 4.78 is 1.67. The Morgan fingerprint density at radius 2 is 2.14 bits per heavy atom. The van der Waals surface area contributed by atoms with Crippen LogP contribution in [0.25, 0.3) is 0 Å². The molecule has 0 aliphatic heterocycles. The van der Waals surface area contributed by atoms with E-state index in [0.29, 0.717) is 19.4 Å². The number of carboxylic acids is 1. The van der Waals surface area contributed by atoms with Gasteiger partial charge in [-0.05, 0) is 18.9 Å². The van der Waals surface area contributed by atoms with Crippen LogP contribution in [0.4, 0.5) is 4.79 Å². The monoisotopic (exact) mass is 294 g/mol. The number of carbonyl (C=O) groups excluding carboxylic acids is 1. The molecular formula is C14H22N4O3. The van der Waals surface area contributed by atoms with Gasteiger partial charge in [-0.1, -0.05) is 19.3 Å². The summed E-state index contributed by atoms with van der Waals surface area (Å²) in [6.07, 6.45) is 6.03. The molecule has 21 heavy (non-hydrogen) atoms. The number of amides is 2. The van der Waals surface area contributed by atoms with Crippen LogP contribution in [-0.2, 0) is 18.4 Å². The molecule has 0 saturated heterocycles. The van der Waals surface area contributed by atoms with Gasteiger partial charge in [-0.2, -0.15) is 5.10 Å². The third kappa shape index (κ3) is 4.47. The molecule has 7 heteroatoms. The summed E-state index contributed by atoms with van der Waals surface area (Å²) in [6.45, 7) is 0.330. The number of hydrogen-bond donors (Lipinski definition) is 3. The van der Waals surface area contributed by atoms with Crippen LogP contribution in [0.1, 0.15) is 37.8 Å². The zero-order valence-electron chi connectivity index (χ0n) is 12.2. The van der Waals surface area contributed by atoms with Crippen molar-refractivity contribution in [3.8, 4) is 0 Å². The van der Waals surface area contributed by atoms with Gasteiger partial charge in [-0.3, -0.25) is 9.48 Å². The van der Waals surface area contributed by atoms with Gasteiger partial charge in [0.05, 0.1) is 18.2 Å². The third-order valence-corrected chi connectivity index (χ3v) is 3.85. The van der Waals surface area contributed by atoms with Crippen LogP contribution in [-0.4, -0.2) is 32.9 Å². The molecule has 2 atom stereocenters. The minimum absolute atomic E-state index is 0.297. The maximum Gasteiger partial charge on any atom is 0.315 e. The largest absolute Gasteiger partial charge is 0.481 e. The summed E-state index contributed by atoms with van der Waals surface area (Å²) in [4.78, 5) is 23.2. The smallest absolute Gasteiger partial charge is 0.315 e. The molecule has 7 nitrogen and oxygen atoms in total. The van der Waals surface area contributed by atoms with Crippen LogP contribution in [0.2, 0.25) is 0 Å². The second kappa shape index (κ2) is 7.10. The first-order chi connectivity index (χ1) is 10.1. The van der Waals surface area contributed by atoms with E-state index in [9.17, 15) is 14.7 Å². The summed E-state index contributed by atoms with van der Waals surface area (Å²) in [5.41, 5.74) is 0.767. The Balaban J connectivity index is 1.85. The lowest BCUT2D eigenvalue weighted by Crippen LogP contribution is -2.47. The fourth-order valence-corrected chi connectivity index (χ4v) is 2.72. The van der Waals surface area contributed by atoms with Gasteiger partial charge < -0.3 is 15.7 Å². The van der Waals surface area contributed by atoms with Crippen molar-refractivity contribution in [3.05, 3.63) is 18.0 Å². The number of carbonyl (C=O) groups is 2. The average Bonchev–Trinajstić information content (AvgIpc) is 2.70. The Bertz CT molecular complexity index is 500. The molecule has 116 valence electrons. The number of carboxylic acid groups (broad SMARTS) is 1. The van der Waals surface area contributed by atoms with Crippen LogP contribution in [0.15, 0.2) is 12.3 Å². The van der Waals surface area contributed by atoms with Crippen molar-refractivity contribution < 1.29 is 14.7 Å². The molecule has 2 amide bonds. The van der Waals surface area contributed by atoms with Crippen LogP contribution < -0.4 is 10.6 Å². The van der Waals surface area contributed by atoms with Crippen molar-refractivity contribution in [2.24, 2.45) is 13.0 Å². The Morgan fingerprint density at radius 1 is 1.38 bits per heavy atom. The third-order valence-electron chi connectivity index (χ3n) is 3.85. The first-order valence-corrected chi connectivity index (χ1v) is 7.32. The number of aliphatic carboxylic acids is 1. The van der Waals surface area contributed by atoms with Crippen LogP contribution in [0.5, 0.6) is 0 Å². The molecule has 1 aromatic heterocycles. The van der Waals surface area contributed by atoms with E-state index in [1.807, 2.05) is 13.1 Å². The van der Waals surface area contributed by atoms with E-state index in [2.05, 4.69) is 15.7 Å². The minimum atomic E-state index is -0.827. The zero-order valence-corrected chi connectivity index (χ0v) is 12.2. The van der Waals surface area contributed by atoms with Crippen molar-refractivity contribution in [1.29, 1.82) is 0 Å². The van der Waals surface area contributed by atoms with Crippen molar-refractivity contribution >= 4 is 12.0 Å². The Morgan fingerprint density at radius 3 is 2.81 bits per heavy atom. The number of aromatic nitrogens is 2. The first-order valence-electron chi connectivity index (χ1n) is 7.32. The molecule has 1 heterocycles. The molecule has 3 N–H and O–H groups in total. The topological polar surface area (TPSA) is 96.2 Å². The summed E-state index contributed by atoms with van der Waals surface area (Å²) in [5.74, 6) is -1.32. The van der Waals surface area contributed by atoms with E-state index in [-0.39, 0.29) is 12.1 Å². The quantitative estimate of drug-likeness (QED) is 0.728. The van der Waals surface area contributed by atoms with Gasteiger partial charge in [-0.25, -0.2) is 4.79 Å². The molecule has 1 aromatic rings. The lowest BCUT2D eigenvalue weighted by atomic mass is 9.95. The molecule has 2 rings (SSSR count). The molecule has 1 aliphatic carbocycles. The highest BCUT2D eigenvalue weighted by Crippen LogP contribution is 2.23. The number of hydrogen-bond acceptors (Lipinski definition) is 3. The van der Waals surface area contributed by atoms with E-state index in [0.717, 1.165) is 25.0 Å². The molecule has 0 radical (unpaired) electrons. The molecule has 0 bridgehead atoms. The number of nitrogens with zero attached hydrogens (tertiary/aromatic N) is 2. The number of aryl methyl sites for hydroxylation is 1. The van der Waals surface area contributed by atoms with Gasteiger partial charge in [0.25, 0.3) is 0 Å². The Kier molecular flexibility index (Phi) is 5.19. The van der Waals surface area contributed by atoms with Gasteiger partial charge in [0.1, 0.15) is 0 Å². The maximum atomic E-state index is 11.9. The summed E-state index contributed by atoms with van der Waals surface area (Å²) in [6, 6.07) is 1.19. The van der Waals surface area contributed by atoms with Crippen molar-refractivity contribution in [1.82, 2.24) is 20.4 Å². The fraction of sp³-hybridized carbons (Fsp3) is 0.643. The Labute approximate surface area is 123 Å². The SMILES string of the molecule is Cn1ccc(CNC(=O)NC2CCCCCC2C(=O)O)n1. The highest BCUT2D eigenvalue weighted by molar-refractivity contribution is 5.76. The lowest BCUT2D eigenvalue weighted by Gasteiger charge is -2.22. The molecule has 1 fully saturated rings. The van der Waals surface area contributed by atoms with E-state index >= 15 is 0 Å². The van der Waals surface area contributed by atoms with Crippen LogP contribution in [0.3, 0.4) is 0 Å². The van der Waals surface area contributed by atoms with Crippen LogP contribution in [0, 0.1) is 5.92 Å². The van der Waals surface area contributed by atoms with E-state index < -0.39 is 11.9 Å². The van der Waals surface area contributed by atoms with Crippen molar-refractivity contribution in [2.45, 2.75) is 44.7 Å². The maximum absolute atomic E-state index is 11.9. The Hall–Kier alpha value is -2.05. The van der Waals surface area contributed by atoms with E-state index in [1.54, 1.807) is 10.9 Å². The molecule has 1 saturated carbocycles. The number of nitrogens with one attached hydrogen (secondary N) is 2. The summed E-state index contributed by atoms with van der Waals surface area (Å²) in [7, 11) is 1.81. The van der Waals surface area contributed by atoms with Gasteiger partial charge >= 0.3 is 12.0 Å². The molecular weight excluding hydrogens is 272 g/mol. The summed E-state index contributed by atoms with van der Waals surface area (Å²) in [5, 5.41) is 19.0. The van der Waals surface area contributed by atoms with Crippen LogP contribution >= 0.6 is 0 Å². The fourth-order valence-electron chi connectivity index (χ4n) is 2.72. The van der Waals surface area contributed by atoms with E-state index in [1.165, 1.54) is 0 Å². The predicted octanol–water partition coefficient (Wildman–Crippen LogP) is 1.25. The number of rotatable bonds is 4. The van der Waals surface area contributed by atoms with Gasteiger partial charge in [0.2, 0.25) is 0 Å². The summed E-state index contributed by atoms with van der Waals surface area (Å²) >= 11 is 0. The van der Waals surface area contributed by atoms with E-state index in [4.69, 9.17) is 0 Å². The second-order valence-corrected chi connectivity index (χ2v) is 5.50.